The maximum Gasteiger partial charge on any atom is 0.297 e. The molecule has 4 nitrogen and oxygen atoms in total. The Labute approximate surface area is 138 Å². The van der Waals surface area contributed by atoms with Gasteiger partial charge in [-0.15, -0.1) is 0 Å². The molecule has 0 bridgehead atoms. The molecule has 4 aromatic rings. The van der Waals surface area contributed by atoms with Gasteiger partial charge in [0.2, 0.25) is 5.58 Å². The lowest BCUT2D eigenvalue weighted by atomic mass is 10.2. The predicted octanol–water partition coefficient (Wildman–Crippen LogP) is 4.09. The van der Waals surface area contributed by atoms with E-state index in [-0.39, 0.29) is 23.5 Å². The number of hydrogen-bond acceptors (Lipinski definition) is 3. The molecule has 0 fully saturated rings. The average Bonchev–Trinajstić information content (AvgIpc) is 2.92. The number of halogens is 2. The van der Waals surface area contributed by atoms with Gasteiger partial charge in [0, 0.05) is 15.4 Å². The van der Waals surface area contributed by atoms with Crippen molar-refractivity contribution >= 4 is 38.0 Å². The van der Waals surface area contributed by atoms with Gasteiger partial charge < -0.3 is 4.42 Å². The third kappa shape index (κ3) is 2.35. The second kappa shape index (κ2) is 5.31. The number of hydrogen-bond donors (Lipinski definition) is 0. The van der Waals surface area contributed by atoms with Crippen LogP contribution in [0, 0.1) is 5.82 Å². The Morgan fingerprint density at radius 1 is 1.22 bits per heavy atom. The number of fused-ring (bicyclic) bond motifs is 3. The summed E-state index contributed by atoms with van der Waals surface area (Å²) in [6, 6.07) is 12.1. The van der Waals surface area contributed by atoms with E-state index in [1.165, 1.54) is 17.0 Å². The molecule has 0 spiro atoms. The molecule has 0 unspecified atom stereocenters. The zero-order valence-electron chi connectivity index (χ0n) is 11.8. The number of nitrogens with zero attached hydrogens (tertiary/aromatic N) is 2. The number of aromatic nitrogens is 2. The minimum absolute atomic E-state index is 0.0952. The quantitative estimate of drug-likeness (QED) is 0.532. The zero-order valence-corrected chi connectivity index (χ0v) is 13.4. The van der Waals surface area contributed by atoms with Gasteiger partial charge >= 0.3 is 0 Å². The van der Waals surface area contributed by atoms with E-state index in [9.17, 15) is 9.18 Å². The Morgan fingerprint density at radius 2 is 2.04 bits per heavy atom. The smallest absolute Gasteiger partial charge is 0.297 e. The second-order valence-corrected chi connectivity index (χ2v) is 6.10. The molecule has 6 heteroatoms. The highest BCUT2D eigenvalue weighted by molar-refractivity contribution is 9.10. The molecule has 0 aliphatic carbocycles. The van der Waals surface area contributed by atoms with E-state index in [2.05, 4.69) is 20.9 Å². The van der Waals surface area contributed by atoms with Crippen molar-refractivity contribution in [3.8, 4) is 0 Å². The van der Waals surface area contributed by atoms with E-state index < -0.39 is 0 Å². The first-order valence-corrected chi connectivity index (χ1v) is 7.73. The molecule has 0 aliphatic heterocycles. The van der Waals surface area contributed by atoms with Crippen LogP contribution in [0.4, 0.5) is 4.39 Å². The molecule has 0 N–H and O–H groups in total. The average molecular weight is 373 g/mol. The van der Waals surface area contributed by atoms with Crippen molar-refractivity contribution in [2.75, 3.05) is 0 Å². The maximum atomic E-state index is 14.0. The number of rotatable bonds is 2. The molecule has 0 atom stereocenters. The van der Waals surface area contributed by atoms with Crippen LogP contribution in [0.25, 0.3) is 22.1 Å². The standard InChI is InChI=1S/C17H10BrFN2O2/c18-11-6-5-10(13(19)7-11)8-21-9-20-15-12-3-1-2-4-14(12)23-16(15)17(21)22/h1-7,9H,8H2. The van der Waals surface area contributed by atoms with E-state index in [4.69, 9.17) is 4.42 Å². The van der Waals surface area contributed by atoms with E-state index >= 15 is 0 Å². The lowest BCUT2D eigenvalue weighted by Crippen LogP contribution is -2.21. The van der Waals surface area contributed by atoms with Crippen molar-refractivity contribution in [3.63, 3.8) is 0 Å². The fourth-order valence-corrected chi connectivity index (χ4v) is 2.89. The Balaban J connectivity index is 1.86. The maximum absolute atomic E-state index is 14.0. The molecule has 0 saturated carbocycles. The summed E-state index contributed by atoms with van der Waals surface area (Å²) >= 11 is 3.21. The fourth-order valence-electron chi connectivity index (χ4n) is 2.56. The van der Waals surface area contributed by atoms with Crippen LogP contribution in [-0.4, -0.2) is 9.55 Å². The zero-order chi connectivity index (χ0) is 16.0. The highest BCUT2D eigenvalue weighted by Crippen LogP contribution is 2.24. The second-order valence-electron chi connectivity index (χ2n) is 5.19. The minimum Gasteiger partial charge on any atom is -0.448 e. The van der Waals surface area contributed by atoms with Crippen molar-refractivity contribution in [2.45, 2.75) is 6.54 Å². The summed E-state index contributed by atoms with van der Waals surface area (Å²) in [5, 5.41) is 0.793. The molecule has 0 amide bonds. The summed E-state index contributed by atoms with van der Waals surface area (Å²) < 4.78 is 21.6. The van der Waals surface area contributed by atoms with Gasteiger partial charge in [-0.25, -0.2) is 9.37 Å². The summed E-state index contributed by atoms with van der Waals surface area (Å²) in [4.78, 5) is 16.9. The molecule has 0 radical (unpaired) electrons. The summed E-state index contributed by atoms with van der Waals surface area (Å²) in [6.45, 7) is 0.0952. The van der Waals surface area contributed by atoms with Crippen LogP contribution in [0.5, 0.6) is 0 Å². The first-order valence-electron chi connectivity index (χ1n) is 6.94. The van der Waals surface area contributed by atoms with Gasteiger partial charge in [-0.1, -0.05) is 34.1 Å². The number of furan rings is 1. The van der Waals surface area contributed by atoms with Crippen LogP contribution in [0.3, 0.4) is 0 Å². The van der Waals surface area contributed by atoms with Gasteiger partial charge in [0.1, 0.15) is 16.9 Å². The van der Waals surface area contributed by atoms with E-state index in [0.29, 0.717) is 21.1 Å². The van der Waals surface area contributed by atoms with Gasteiger partial charge in [0.25, 0.3) is 5.56 Å². The van der Waals surface area contributed by atoms with Crippen molar-refractivity contribution in [1.29, 1.82) is 0 Å². The van der Waals surface area contributed by atoms with Crippen molar-refractivity contribution < 1.29 is 8.81 Å². The highest BCUT2D eigenvalue weighted by atomic mass is 79.9. The van der Waals surface area contributed by atoms with Crippen LogP contribution < -0.4 is 5.56 Å². The molecule has 0 saturated heterocycles. The SMILES string of the molecule is O=c1c2oc3ccccc3c2ncn1Cc1ccc(Br)cc1F. The van der Waals surface area contributed by atoms with E-state index in [0.717, 1.165) is 5.39 Å². The Hall–Kier alpha value is -2.47. The van der Waals surface area contributed by atoms with Crippen LogP contribution in [0.1, 0.15) is 5.56 Å². The molecular weight excluding hydrogens is 363 g/mol. The molecule has 114 valence electrons. The molecule has 0 aliphatic rings. The van der Waals surface area contributed by atoms with Gasteiger partial charge in [-0.05, 0) is 24.3 Å². The third-order valence-electron chi connectivity index (χ3n) is 3.71. The largest absolute Gasteiger partial charge is 0.448 e. The molecule has 2 aromatic heterocycles. The lowest BCUT2D eigenvalue weighted by molar-refractivity contribution is 0.590. The van der Waals surface area contributed by atoms with Gasteiger partial charge in [0.15, 0.2) is 0 Å². The number of para-hydroxylation sites is 1. The monoisotopic (exact) mass is 372 g/mol. The summed E-state index contributed by atoms with van der Waals surface area (Å²) in [7, 11) is 0. The van der Waals surface area contributed by atoms with Crippen molar-refractivity contribution in [1.82, 2.24) is 9.55 Å². The molecule has 4 rings (SSSR count). The molecular formula is C17H10BrFN2O2. The van der Waals surface area contributed by atoms with Crippen molar-refractivity contribution in [2.24, 2.45) is 0 Å². The van der Waals surface area contributed by atoms with E-state index in [1.54, 1.807) is 18.2 Å². The number of benzene rings is 2. The van der Waals surface area contributed by atoms with Crippen LogP contribution >= 0.6 is 15.9 Å². The summed E-state index contributed by atoms with van der Waals surface area (Å²) in [5.41, 5.74) is 1.41. The lowest BCUT2D eigenvalue weighted by Gasteiger charge is -2.06. The van der Waals surface area contributed by atoms with Gasteiger partial charge in [0.05, 0.1) is 12.9 Å². The van der Waals surface area contributed by atoms with Gasteiger partial charge in [-0.3, -0.25) is 9.36 Å². The van der Waals surface area contributed by atoms with Crippen LogP contribution in [-0.2, 0) is 6.54 Å². The molecule has 2 heterocycles. The fraction of sp³-hybridized carbons (Fsp3) is 0.0588. The summed E-state index contributed by atoms with van der Waals surface area (Å²) in [6.07, 6.45) is 1.42. The Morgan fingerprint density at radius 3 is 2.87 bits per heavy atom. The molecule has 2 aromatic carbocycles. The van der Waals surface area contributed by atoms with Crippen LogP contribution in [0.2, 0.25) is 0 Å². The predicted molar refractivity (Wildman–Crippen MR) is 89.0 cm³/mol. The summed E-state index contributed by atoms with van der Waals surface area (Å²) in [5.74, 6) is -0.379. The third-order valence-corrected chi connectivity index (χ3v) is 4.20. The normalized spacial score (nSPS) is 11.4. The highest BCUT2D eigenvalue weighted by Gasteiger charge is 2.14. The van der Waals surface area contributed by atoms with Crippen molar-refractivity contribution in [3.05, 3.63) is 75.0 Å². The molecule has 23 heavy (non-hydrogen) atoms. The van der Waals surface area contributed by atoms with Crippen LogP contribution in [0.15, 0.2) is 62.5 Å². The Bertz CT molecular complexity index is 1100. The first-order chi connectivity index (χ1) is 11.1. The first kappa shape index (κ1) is 14.1. The van der Waals surface area contributed by atoms with E-state index in [1.807, 2.05) is 18.2 Å². The topological polar surface area (TPSA) is 48.0 Å². The van der Waals surface area contributed by atoms with Gasteiger partial charge in [-0.2, -0.15) is 0 Å². The minimum atomic E-state index is -0.379. The Kier molecular flexibility index (Phi) is 3.27.